The van der Waals surface area contributed by atoms with Crippen molar-refractivity contribution in [2.75, 3.05) is 20.1 Å². The summed E-state index contributed by atoms with van der Waals surface area (Å²) in [4.78, 5) is 2.32. The average molecular weight is 241 g/mol. The van der Waals surface area contributed by atoms with Gasteiger partial charge in [0.1, 0.15) is 0 Å². The second-order valence-corrected chi connectivity index (χ2v) is 4.30. The quantitative estimate of drug-likeness (QED) is 0.808. The Balaban J connectivity index is 2.20. The molecule has 1 fully saturated rings. The molecule has 0 amide bonds. The Morgan fingerprint density at radius 3 is 2.62 bits per heavy atom. The Labute approximate surface area is 87.1 Å². The molecule has 3 heteroatoms. The number of hydrogen-bond acceptors (Lipinski definition) is 2. The number of halogens is 1. The van der Waals surface area contributed by atoms with Crippen molar-refractivity contribution in [3.05, 3.63) is 34.3 Å². The third-order valence-corrected chi connectivity index (χ3v) is 2.96. The molecule has 1 aromatic rings. The van der Waals surface area contributed by atoms with E-state index in [-0.39, 0.29) is 0 Å². The molecule has 1 atom stereocenters. The van der Waals surface area contributed by atoms with Crippen molar-refractivity contribution >= 4 is 15.9 Å². The van der Waals surface area contributed by atoms with E-state index in [0.717, 1.165) is 17.6 Å². The van der Waals surface area contributed by atoms with Crippen molar-refractivity contribution in [3.8, 4) is 0 Å². The molecule has 1 N–H and O–H groups in total. The van der Waals surface area contributed by atoms with Crippen LogP contribution in [-0.4, -0.2) is 25.0 Å². The average Bonchev–Trinajstić information content (AvgIpc) is 2.53. The molecule has 0 spiro atoms. The summed E-state index contributed by atoms with van der Waals surface area (Å²) in [5.41, 5.74) is 1.34. The minimum Gasteiger partial charge on any atom is -0.297 e. The summed E-state index contributed by atoms with van der Waals surface area (Å²) in [6, 6.07) is 8.49. The predicted octanol–water partition coefficient (Wildman–Crippen LogP) is 1.98. The van der Waals surface area contributed by atoms with Crippen LogP contribution in [0.2, 0.25) is 0 Å². The smallest absolute Gasteiger partial charge is 0.0859 e. The number of rotatable bonds is 1. The van der Waals surface area contributed by atoms with E-state index >= 15 is 0 Å². The van der Waals surface area contributed by atoms with Gasteiger partial charge in [-0.2, -0.15) is 0 Å². The maximum Gasteiger partial charge on any atom is 0.0859 e. The predicted molar refractivity (Wildman–Crippen MR) is 57.5 cm³/mol. The SMILES string of the molecule is CN1CCNC1c1ccc(Br)cc1. The zero-order valence-corrected chi connectivity index (χ0v) is 9.21. The van der Waals surface area contributed by atoms with E-state index < -0.39 is 0 Å². The molecule has 1 aliphatic heterocycles. The van der Waals surface area contributed by atoms with Gasteiger partial charge >= 0.3 is 0 Å². The van der Waals surface area contributed by atoms with Crippen LogP contribution in [0.5, 0.6) is 0 Å². The molecule has 1 aliphatic rings. The molecule has 0 aliphatic carbocycles. The Kier molecular flexibility index (Phi) is 2.67. The lowest BCUT2D eigenvalue weighted by Crippen LogP contribution is -2.23. The van der Waals surface area contributed by atoms with Crippen molar-refractivity contribution < 1.29 is 0 Å². The first-order valence-electron chi connectivity index (χ1n) is 4.46. The Hall–Kier alpha value is -0.380. The monoisotopic (exact) mass is 240 g/mol. The van der Waals surface area contributed by atoms with Crippen LogP contribution in [0.3, 0.4) is 0 Å². The molecule has 13 heavy (non-hydrogen) atoms. The van der Waals surface area contributed by atoms with Gasteiger partial charge in [-0.05, 0) is 24.7 Å². The first kappa shape index (κ1) is 9.19. The number of nitrogens with zero attached hydrogens (tertiary/aromatic N) is 1. The van der Waals surface area contributed by atoms with Gasteiger partial charge in [0.25, 0.3) is 0 Å². The lowest BCUT2D eigenvalue weighted by Gasteiger charge is -2.19. The Morgan fingerprint density at radius 1 is 1.38 bits per heavy atom. The highest BCUT2D eigenvalue weighted by Crippen LogP contribution is 2.21. The molecule has 70 valence electrons. The van der Waals surface area contributed by atoms with E-state index in [0.29, 0.717) is 6.17 Å². The van der Waals surface area contributed by atoms with Crippen molar-refractivity contribution in [1.29, 1.82) is 0 Å². The molecular weight excluding hydrogens is 228 g/mol. The van der Waals surface area contributed by atoms with Crippen LogP contribution >= 0.6 is 15.9 Å². The second kappa shape index (κ2) is 3.78. The van der Waals surface area contributed by atoms with Crippen LogP contribution in [0.25, 0.3) is 0 Å². The molecule has 2 nitrogen and oxygen atoms in total. The maximum atomic E-state index is 3.45. The fourth-order valence-electron chi connectivity index (χ4n) is 1.68. The standard InChI is InChI=1S/C10H13BrN2/c1-13-7-6-12-10(13)8-2-4-9(11)5-3-8/h2-5,10,12H,6-7H2,1H3. The van der Waals surface area contributed by atoms with E-state index in [2.05, 4.69) is 57.5 Å². The van der Waals surface area contributed by atoms with E-state index in [1.165, 1.54) is 5.56 Å². The minimum atomic E-state index is 0.396. The van der Waals surface area contributed by atoms with Crippen LogP contribution < -0.4 is 5.32 Å². The molecule has 0 aromatic heterocycles. The van der Waals surface area contributed by atoms with E-state index in [9.17, 15) is 0 Å². The first-order valence-corrected chi connectivity index (χ1v) is 5.26. The Bertz CT molecular complexity index is 283. The van der Waals surface area contributed by atoms with Gasteiger partial charge in [-0.3, -0.25) is 10.2 Å². The molecule has 0 saturated carbocycles. The van der Waals surface area contributed by atoms with E-state index in [4.69, 9.17) is 0 Å². The van der Waals surface area contributed by atoms with Crippen LogP contribution in [0.4, 0.5) is 0 Å². The zero-order valence-electron chi connectivity index (χ0n) is 7.63. The number of nitrogens with one attached hydrogen (secondary N) is 1. The molecule has 2 rings (SSSR count). The van der Waals surface area contributed by atoms with Gasteiger partial charge in [0, 0.05) is 17.6 Å². The summed E-state index contributed by atoms with van der Waals surface area (Å²) < 4.78 is 1.14. The summed E-state index contributed by atoms with van der Waals surface area (Å²) in [6.45, 7) is 2.21. The zero-order chi connectivity index (χ0) is 9.26. The van der Waals surface area contributed by atoms with Crippen molar-refractivity contribution in [1.82, 2.24) is 10.2 Å². The molecule has 1 heterocycles. The van der Waals surface area contributed by atoms with Crippen LogP contribution in [0.15, 0.2) is 28.7 Å². The first-order chi connectivity index (χ1) is 6.27. The largest absolute Gasteiger partial charge is 0.297 e. The molecular formula is C10H13BrN2. The molecule has 1 unspecified atom stereocenters. The Morgan fingerprint density at radius 2 is 2.08 bits per heavy atom. The topological polar surface area (TPSA) is 15.3 Å². The highest BCUT2D eigenvalue weighted by molar-refractivity contribution is 9.10. The van der Waals surface area contributed by atoms with Gasteiger partial charge in [0.2, 0.25) is 0 Å². The van der Waals surface area contributed by atoms with E-state index in [1.54, 1.807) is 0 Å². The molecule has 0 bridgehead atoms. The summed E-state index contributed by atoms with van der Waals surface area (Å²) in [5.74, 6) is 0. The fourth-order valence-corrected chi connectivity index (χ4v) is 1.94. The van der Waals surface area contributed by atoms with Gasteiger partial charge < -0.3 is 0 Å². The lowest BCUT2D eigenvalue weighted by atomic mass is 10.2. The number of likely N-dealkylation sites (N-methyl/N-ethyl adjacent to an activating group) is 1. The molecule has 1 saturated heterocycles. The summed E-state index contributed by atoms with van der Waals surface area (Å²) in [7, 11) is 2.15. The van der Waals surface area contributed by atoms with Crippen LogP contribution in [-0.2, 0) is 0 Å². The normalized spacial score (nSPS) is 23.7. The minimum absolute atomic E-state index is 0.396. The van der Waals surface area contributed by atoms with Crippen molar-refractivity contribution in [2.24, 2.45) is 0 Å². The maximum absolute atomic E-state index is 3.45. The van der Waals surface area contributed by atoms with Gasteiger partial charge in [-0.1, -0.05) is 28.1 Å². The molecule has 1 aromatic carbocycles. The number of benzene rings is 1. The van der Waals surface area contributed by atoms with Gasteiger partial charge in [0.05, 0.1) is 6.17 Å². The highest BCUT2D eigenvalue weighted by atomic mass is 79.9. The van der Waals surface area contributed by atoms with Gasteiger partial charge in [0.15, 0.2) is 0 Å². The summed E-state index contributed by atoms with van der Waals surface area (Å²) in [5, 5.41) is 3.45. The van der Waals surface area contributed by atoms with Crippen LogP contribution in [0, 0.1) is 0 Å². The van der Waals surface area contributed by atoms with E-state index in [1.807, 2.05) is 0 Å². The van der Waals surface area contributed by atoms with Crippen molar-refractivity contribution in [2.45, 2.75) is 6.17 Å². The van der Waals surface area contributed by atoms with Gasteiger partial charge in [-0.25, -0.2) is 0 Å². The third-order valence-electron chi connectivity index (χ3n) is 2.43. The highest BCUT2D eigenvalue weighted by Gasteiger charge is 2.20. The molecule has 0 radical (unpaired) electrons. The number of hydrogen-bond donors (Lipinski definition) is 1. The lowest BCUT2D eigenvalue weighted by molar-refractivity contribution is 0.301. The second-order valence-electron chi connectivity index (χ2n) is 3.39. The van der Waals surface area contributed by atoms with Gasteiger partial charge in [-0.15, -0.1) is 0 Å². The third kappa shape index (κ3) is 1.93. The summed E-state index contributed by atoms with van der Waals surface area (Å²) in [6.07, 6.45) is 0.396. The fraction of sp³-hybridized carbons (Fsp3) is 0.400. The van der Waals surface area contributed by atoms with Crippen molar-refractivity contribution in [3.63, 3.8) is 0 Å². The van der Waals surface area contributed by atoms with Crippen LogP contribution in [0.1, 0.15) is 11.7 Å². The summed E-state index contributed by atoms with van der Waals surface area (Å²) >= 11 is 3.44.